The largest absolute Gasteiger partial charge is 0.474 e. The van der Waals surface area contributed by atoms with Crippen molar-refractivity contribution >= 4 is 46.0 Å². The molecule has 0 radical (unpaired) electrons. The number of ether oxygens (including phenoxy) is 2. The second-order valence-electron chi connectivity index (χ2n) is 21.1. The Morgan fingerprint density at radius 1 is 0.971 bits per heavy atom. The van der Waals surface area contributed by atoms with Crippen LogP contribution in [0.15, 0.2) is 83.0 Å². The van der Waals surface area contributed by atoms with Crippen molar-refractivity contribution in [1.29, 1.82) is 0 Å². The first-order valence-electron chi connectivity index (χ1n) is 25.3. The van der Waals surface area contributed by atoms with Crippen LogP contribution in [0.4, 0.5) is 21.5 Å². The molecule has 69 heavy (non-hydrogen) atoms. The van der Waals surface area contributed by atoms with Crippen LogP contribution in [0.25, 0.3) is 11.0 Å². The van der Waals surface area contributed by atoms with Crippen LogP contribution in [-0.2, 0) is 0 Å². The molecule has 1 amide bonds. The summed E-state index contributed by atoms with van der Waals surface area (Å²) < 4.78 is 30.9. The quantitative estimate of drug-likeness (QED) is 0.0521. The van der Waals surface area contributed by atoms with Crippen LogP contribution < -0.4 is 24.4 Å². The van der Waals surface area contributed by atoms with Gasteiger partial charge in [0.2, 0.25) is 0 Å². The standard InChI is InChI=1S/C54H67FN8O5S/c1-35(2)39-8-4-5-9-40(39)41-10-6-11-47(41)63-33-54(34-63)20-24-62(25-21-54)37-12-14-42(48(28-37)68-49-30-43-44(55)32-57-50(43)58-52(49)67-27-26-61-22-7-23-61)51(64)60-69-38-13-15-45(46(29-38)59-66)56-31-36-16-18-53(3,65)19-17-36/h4-5,8-9,12-15,28-30,32,35-36,41,47,56,65H,6-7,10-11,16-27,31,33-34H2,1-3H3,(H,57,58)(H,60,64)/t36?,41-,47-,53?/m1/s1. The van der Waals surface area contributed by atoms with E-state index in [2.05, 4.69) is 78.0 Å². The number of pyridine rings is 1. The van der Waals surface area contributed by atoms with Crippen LogP contribution in [0.2, 0.25) is 0 Å². The number of nitrogens with zero attached hydrogens (tertiary/aromatic N) is 5. The van der Waals surface area contributed by atoms with Gasteiger partial charge in [-0.15, -0.1) is 4.91 Å². The minimum atomic E-state index is -0.612. The van der Waals surface area contributed by atoms with Gasteiger partial charge in [-0.3, -0.25) is 19.3 Å². The maximum atomic E-state index is 15.1. The van der Waals surface area contributed by atoms with Gasteiger partial charge < -0.3 is 29.8 Å². The van der Waals surface area contributed by atoms with E-state index in [1.165, 1.54) is 31.0 Å². The maximum absolute atomic E-state index is 15.1. The number of aliphatic hydroxyl groups is 1. The number of halogens is 1. The van der Waals surface area contributed by atoms with Crippen molar-refractivity contribution in [3.8, 4) is 17.4 Å². The highest BCUT2D eigenvalue weighted by Crippen LogP contribution is 2.49. The summed E-state index contributed by atoms with van der Waals surface area (Å²) in [6.07, 6.45) is 11.7. The number of hydrogen-bond acceptors (Lipinski definition) is 12. The lowest BCUT2D eigenvalue weighted by Gasteiger charge is -2.57. The van der Waals surface area contributed by atoms with Crippen molar-refractivity contribution < 1.29 is 23.8 Å². The second-order valence-corrected chi connectivity index (χ2v) is 21.9. The van der Waals surface area contributed by atoms with E-state index < -0.39 is 17.3 Å². The number of fused-ring (bicyclic) bond motifs is 1. The highest BCUT2D eigenvalue weighted by atomic mass is 32.2. The molecule has 5 heterocycles. The lowest BCUT2D eigenvalue weighted by molar-refractivity contribution is -0.0493. The maximum Gasteiger partial charge on any atom is 0.265 e. The Hall–Kier alpha value is -5.22. The van der Waals surface area contributed by atoms with Crippen molar-refractivity contribution in [1.82, 2.24) is 24.5 Å². The number of benzene rings is 3. The molecule has 3 aromatic carbocycles. The number of rotatable bonds is 17. The molecule has 0 bridgehead atoms. The molecule has 2 atom stereocenters. The normalized spacial score (nSPS) is 23.7. The summed E-state index contributed by atoms with van der Waals surface area (Å²) in [5, 5.41) is 17.3. The lowest BCUT2D eigenvalue weighted by Crippen LogP contribution is -2.63. The van der Waals surface area contributed by atoms with E-state index in [1.54, 1.807) is 23.8 Å². The number of piperidine rings is 1. The summed E-state index contributed by atoms with van der Waals surface area (Å²) in [4.78, 5) is 41.9. The molecule has 1 spiro atoms. The second kappa shape index (κ2) is 20.2. The molecule has 15 heteroatoms. The highest BCUT2D eigenvalue weighted by Gasteiger charge is 2.49. The topological polar surface area (TPSA) is 148 Å². The van der Waals surface area contributed by atoms with Crippen LogP contribution in [0.5, 0.6) is 17.4 Å². The molecule has 5 aromatic rings. The first-order valence-corrected chi connectivity index (χ1v) is 26.1. The summed E-state index contributed by atoms with van der Waals surface area (Å²) in [5.41, 5.74) is 5.17. The Balaban J connectivity index is 0.849. The molecule has 5 aliphatic rings. The summed E-state index contributed by atoms with van der Waals surface area (Å²) >= 11 is 1.08. The number of nitrogens with one attached hydrogen (secondary N) is 3. The Morgan fingerprint density at radius 2 is 1.77 bits per heavy atom. The summed E-state index contributed by atoms with van der Waals surface area (Å²) in [7, 11) is 0. The average molecular weight is 959 g/mol. The molecule has 366 valence electrons. The van der Waals surface area contributed by atoms with Crippen LogP contribution in [0.3, 0.4) is 0 Å². The number of likely N-dealkylation sites (tertiary alicyclic amines) is 2. The van der Waals surface area contributed by atoms with Gasteiger partial charge in [-0.1, -0.05) is 44.5 Å². The molecule has 5 fully saturated rings. The molecular formula is C54H67FN8O5S. The molecule has 2 saturated carbocycles. The van der Waals surface area contributed by atoms with Gasteiger partial charge >= 0.3 is 0 Å². The van der Waals surface area contributed by atoms with Gasteiger partial charge in [0.25, 0.3) is 11.8 Å². The fourth-order valence-electron chi connectivity index (χ4n) is 11.6. The summed E-state index contributed by atoms with van der Waals surface area (Å²) in [6, 6.07) is 22.3. The first-order chi connectivity index (χ1) is 33.4. The van der Waals surface area contributed by atoms with Crippen molar-refractivity contribution in [2.75, 3.05) is 69.2 Å². The molecular weight excluding hydrogens is 892 g/mol. The molecule has 3 saturated heterocycles. The molecule has 4 N–H and O–H groups in total. The predicted molar refractivity (Wildman–Crippen MR) is 272 cm³/mol. The van der Waals surface area contributed by atoms with Gasteiger partial charge in [-0.2, -0.15) is 4.98 Å². The molecule has 0 unspecified atom stereocenters. The zero-order valence-electron chi connectivity index (χ0n) is 40.3. The fraction of sp³-hybridized carbons (Fsp3) is 0.519. The number of carbonyl (C=O) groups is 1. The minimum absolute atomic E-state index is 0.209. The van der Waals surface area contributed by atoms with Crippen molar-refractivity contribution in [2.45, 2.75) is 113 Å². The number of carbonyl (C=O) groups excluding carboxylic acids is 1. The van der Waals surface area contributed by atoms with Gasteiger partial charge in [0.1, 0.15) is 29.5 Å². The summed E-state index contributed by atoms with van der Waals surface area (Å²) in [5.74, 6) is 1.33. The monoisotopic (exact) mass is 958 g/mol. The third-order valence-electron chi connectivity index (χ3n) is 15.9. The zero-order chi connectivity index (χ0) is 47.7. The number of nitroso groups, excluding NO2 is 1. The van der Waals surface area contributed by atoms with Crippen molar-refractivity contribution in [3.05, 3.63) is 100 Å². The van der Waals surface area contributed by atoms with E-state index in [0.717, 1.165) is 108 Å². The minimum Gasteiger partial charge on any atom is -0.474 e. The molecule has 2 aromatic heterocycles. The van der Waals surface area contributed by atoms with Gasteiger partial charge in [-0.05, 0) is 160 Å². The molecule has 2 aliphatic carbocycles. The van der Waals surface area contributed by atoms with Crippen molar-refractivity contribution in [2.24, 2.45) is 16.5 Å². The van der Waals surface area contributed by atoms with Crippen molar-refractivity contribution in [3.63, 3.8) is 0 Å². The SMILES string of the molecule is CC(C)c1ccccc1[C@H]1CCC[C@H]1N1CC2(CCN(c3ccc(C(=O)NSc4ccc(NCC5CCC(C)(O)CC5)c(N=O)c4)c(Oc4cc5c(F)c[nH]c5nc4OCCN4CCC4)c3)CC2)C1. The Morgan fingerprint density at radius 3 is 2.52 bits per heavy atom. The van der Waals surface area contributed by atoms with E-state index in [4.69, 9.17) is 9.47 Å². The third kappa shape index (κ3) is 10.5. The Bertz CT molecular complexity index is 2630. The van der Waals surface area contributed by atoms with Gasteiger partial charge in [0.15, 0.2) is 5.75 Å². The van der Waals surface area contributed by atoms with Gasteiger partial charge in [-0.25, -0.2) is 4.39 Å². The number of anilines is 2. The van der Waals surface area contributed by atoms with E-state index in [0.29, 0.717) is 64.3 Å². The van der Waals surface area contributed by atoms with E-state index in [1.807, 2.05) is 31.2 Å². The molecule has 13 nitrogen and oxygen atoms in total. The van der Waals surface area contributed by atoms with Crippen LogP contribution in [0, 0.1) is 22.1 Å². The van der Waals surface area contributed by atoms with Gasteiger partial charge in [0, 0.05) is 74.2 Å². The number of amides is 1. The lowest BCUT2D eigenvalue weighted by atomic mass is 9.70. The predicted octanol–water partition coefficient (Wildman–Crippen LogP) is 11.1. The first kappa shape index (κ1) is 47.5. The number of aromatic amines is 1. The van der Waals surface area contributed by atoms with E-state index in [9.17, 15) is 14.8 Å². The zero-order valence-corrected chi connectivity index (χ0v) is 41.1. The highest BCUT2D eigenvalue weighted by molar-refractivity contribution is 7.98. The van der Waals surface area contributed by atoms with E-state index in [-0.39, 0.29) is 28.3 Å². The van der Waals surface area contributed by atoms with Crippen LogP contribution >= 0.6 is 11.9 Å². The van der Waals surface area contributed by atoms with Gasteiger partial charge in [0.05, 0.1) is 22.2 Å². The van der Waals surface area contributed by atoms with Crippen LogP contribution in [0.1, 0.15) is 118 Å². The smallest absolute Gasteiger partial charge is 0.265 e. The molecule has 10 rings (SSSR count). The number of aromatic nitrogens is 2. The fourth-order valence-corrected chi connectivity index (χ4v) is 12.2. The van der Waals surface area contributed by atoms with Crippen LogP contribution in [-0.4, -0.2) is 101 Å². The third-order valence-corrected chi connectivity index (χ3v) is 16.7. The number of hydrogen-bond donors (Lipinski definition) is 4. The molecule has 3 aliphatic heterocycles. The average Bonchev–Trinajstić information content (AvgIpc) is 3.96. The Kier molecular flexibility index (Phi) is 13.9. The summed E-state index contributed by atoms with van der Waals surface area (Å²) in [6.45, 7) is 14.4. The Labute approximate surface area is 409 Å². The number of H-pyrrole nitrogens is 1. The van der Waals surface area contributed by atoms with E-state index >= 15 is 4.39 Å².